The van der Waals surface area contributed by atoms with E-state index in [-0.39, 0.29) is 0 Å². The van der Waals surface area contributed by atoms with Crippen LogP contribution in [0.15, 0.2) is 17.6 Å². The maximum atomic E-state index is 5.66. The maximum Gasteiger partial charge on any atom is 0.191 e. The SMILES string of the molecule is CCNC(=NCCCOCC1CCCO1)NCCCCn1cnnc1. The average molecular weight is 352 g/mol. The second-order valence-electron chi connectivity index (χ2n) is 6.16. The smallest absolute Gasteiger partial charge is 0.191 e. The molecule has 1 aliphatic rings. The number of nitrogens with one attached hydrogen (secondary N) is 2. The largest absolute Gasteiger partial charge is 0.379 e. The lowest BCUT2D eigenvalue weighted by Crippen LogP contribution is -2.38. The maximum absolute atomic E-state index is 5.66. The normalized spacial score (nSPS) is 17.8. The van der Waals surface area contributed by atoms with E-state index in [2.05, 4.69) is 32.7 Å². The number of aryl methyl sites for hydroxylation is 1. The summed E-state index contributed by atoms with van der Waals surface area (Å²) >= 11 is 0. The van der Waals surface area contributed by atoms with Crippen molar-refractivity contribution in [2.45, 2.75) is 51.7 Å². The van der Waals surface area contributed by atoms with Gasteiger partial charge in [-0.1, -0.05) is 0 Å². The highest BCUT2D eigenvalue weighted by Crippen LogP contribution is 2.11. The van der Waals surface area contributed by atoms with Crippen LogP contribution < -0.4 is 10.6 Å². The molecule has 1 atom stereocenters. The fourth-order valence-corrected chi connectivity index (χ4v) is 2.65. The summed E-state index contributed by atoms with van der Waals surface area (Å²) in [4.78, 5) is 4.59. The molecule has 25 heavy (non-hydrogen) atoms. The van der Waals surface area contributed by atoms with Gasteiger partial charge in [0.2, 0.25) is 0 Å². The Labute approximate surface area is 150 Å². The fourth-order valence-electron chi connectivity index (χ4n) is 2.65. The number of nitrogens with zero attached hydrogens (tertiary/aromatic N) is 4. The summed E-state index contributed by atoms with van der Waals surface area (Å²) in [6, 6.07) is 0. The Hall–Kier alpha value is -1.67. The van der Waals surface area contributed by atoms with Crippen molar-refractivity contribution >= 4 is 5.96 Å². The van der Waals surface area contributed by atoms with E-state index in [1.807, 2.05) is 4.57 Å². The van der Waals surface area contributed by atoms with Gasteiger partial charge in [0.1, 0.15) is 12.7 Å². The molecule has 2 heterocycles. The first-order valence-electron chi connectivity index (χ1n) is 9.42. The number of guanidine groups is 1. The van der Waals surface area contributed by atoms with Crippen LogP contribution in [0, 0.1) is 0 Å². The molecule has 1 aliphatic heterocycles. The Morgan fingerprint density at radius 1 is 1.28 bits per heavy atom. The van der Waals surface area contributed by atoms with Gasteiger partial charge in [0.05, 0.1) is 12.7 Å². The summed E-state index contributed by atoms with van der Waals surface area (Å²) in [6.45, 7) is 7.90. The highest BCUT2D eigenvalue weighted by Gasteiger charge is 2.14. The quantitative estimate of drug-likeness (QED) is 0.334. The Bertz CT molecular complexity index is 460. The summed E-state index contributed by atoms with van der Waals surface area (Å²) < 4.78 is 13.2. The van der Waals surface area contributed by atoms with Crippen LogP contribution in [0.25, 0.3) is 0 Å². The highest BCUT2D eigenvalue weighted by molar-refractivity contribution is 5.79. The standard InChI is InChI=1S/C17H32N6O2/c1-2-18-17(19-8-3-4-10-23-14-21-22-15-23)20-9-6-11-24-13-16-7-5-12-25-16/h14-16H,2-13H2,1H3,(H2,18,19,20). The molecular weight excluding hydrogens is 320 g/mol. The van der Waals surface area contributed by atoms with Crippen molar-refractivity contribution in [2.24, 2.45) is 4.99 Å². The van der Waals surface area contributed by atoms with Crippen molar-refractivity contribution in [2.75, 3.05) is 39.5 Å². The van der Waals surface area contributed by atoms with E-state index in [1.54, 1.807) is 12.7 Å². The zero-order valence-corrected chi connectivity index (χ0v) is 15.3. The third kappa shape index (κ3) is 8.83. The minimum Gasteiger partial charge on any atom is -0.379 e. The summed E-state index contributed by atoms with van der Waals surface area (Å²) in [5, 5.41) is 14.3. The van der Waals surface area contributed by atoms with E-state index in [1.165, 1.54) is 0 Å². The van der Waals surface area contributed by atoms with Crippen LogP contribution in [-0.2, 0) is 16.0 Å². The van der Waals surface area contributed by atoms with Crippen molar-refractivity contribution in [1.29, 1.82) is 0 Å². The van der Waals surface area contributed by atoms with E-state index < -0.39 is 0 Å². The zero-order valence-electron chi connectivity index (χ0n) is 15.3. The van der Waals surface area contributed by atoms with Crippen LogP contribution in [-0.4, -0.2) is 66.3 Å². The molecule has 142 valence electrons. The fraction of sp³-hybridized carbons (Fsp3) is 0.824. The molecule has 1 aromatic heterocycles. The van der Waals surface area contributed by atoms with Gasteiger partial charge < -0.3 is 24.7 Å². The molecule has 0 spiro atoms. The Kier molecular flexibility index (Phi) is 9.95. The second-order valence-corrected chi connectivity index (χ2v) is 6.16. The summed E-state index contributed by atoms with van der Waals surface area (Å²) in [5.41, 5.74) is 0. The van der Waals surface area contributed by atoms with Crippen LogP contribution in [0.4, 0.5) is 0 Å². The van der Waals surface area contributed by atoms with Crippen molar-refractivity contribution in [1.82, 2.24) is 25.4 Å². The molecule has 1 unspecified atom stereocenters. The first-order valence-corrected chi connectivity index (χ1v) is 9.42. The summed E-state index contributed by atoms with van der Waals surface area (Å²) in [7, 11) is 0. The molecule has 0 bridgehead atoms. The first kappa shape index (κ1) is 19.7. The van der Waals surface area contributed by atoms with Gasteiger partial charge in [-0.3, -0.25) is 4.99 Å². The molecule has 2 rings (SSSR count). The molecule has 0 aromatic carbocycles. The Morgan fingerprint density at radius 2 is 2.16 bits per heavy atom. The molecule has 0 aliphatic carbocycles. The third-order valence-corrected chi connectivity index (χ3v) is 3.99. The predicted octanol–water partition coefficient (Wildman–Crippen LogP) is 1.20. The van der Waals surface area contributed by atoms with E-state index in [9.17, 15) is 0 Å². The van der Waals surface area contributed by atoms with Crippen molar-refractivity contribution in [3.8, 4) is 0 Å². The topological polar surface area (TPSA) is 85.6 Å². The number of rotatable bonds is 12. The third-order valence-electron chi connectivity index (χ3n) is 3.99. The molecule has 0 saturated carbocycles. The number of hydrogen-bond donors (Lipinski definition) is 2. The van der Waals surface area contributed by atoms with Gasteiger partial charge in [-0.15, -0.1) is 10.2 Å². The molecule has 8 nitrogen and oxygen atoms in total. The first-order chi connectivity index (χ1) is 12.4. The molecule has 1 aromatic rings. The van der Waals surface area contributed by atoms with Crippen LogP contribution in [0.2, 0.25) is 0 Å². The van der Waals surface area contributed by atoms with E-state index in [0.717, 1.165) is 77.5 Å². The van der Waals surface area contributed by atoms with Crippen molar-refractivity contribution in [3.05, 3.63) is 12.7 Å². The number of aromatic nitrogens is 3. The molecule has 1 fully saturated rings. The van der Waals surface area contributed by atoms with Crippen LogP contribution in [0.5, 0.6) is 0 Å². The van der Waals surface area contributed by atoms with Gasteiger partial charge >= 0.3 is 0 Å². The van der Waals surface area contributed by atoms with Gasteiger partial charge in [-0.25, -0.2) is 0 Å². The lowest BCUT2D eigenvalue weighted by Gasteiger charge is -2.12. The number of hydrogen-bond acceptors (Lipinski definition) is 5. The monoisotopic (exact) mass is 352 g/mol. The Balaban J connectivity index is 1.49. The molecule has 8 heteroatoms. The molecule has 2 N–H and O–H groups in total. The van der Waals surface area contributed by atoms with E-state index in [4.69, 9.17) is 9.47 Å². The summed E-state index contributed by atoms with van der Waals surface area (Å²) in [5.74, 6) is 0.880. The number of unbranched alkanes of at least 4 members (excludes halogenated alkanes) is 1. The lowest BCUT2D eigenvalue weighted by atomic mass is 10.2. The Morgan fingerprint density at radius 3 is 2.92 bits per heavy atom. The van der Waals surface area contributed by atoms with E-state index >= 15 is 0 Å². The number of ether oxygens (including phenoxy) is 2. The van der Waals surface area contributed by atoms with Crippen LogP contribution in [0.3, 0.4) is 0 Å². The molecule has 0 radical (unpaired) electrons. The van der Waals surface area contributed by atoms with E-state index in [0.29, 0.717) is 12.7 Å². The minimum atomic E-state index is 0.306. The summed E-state index contributed by atoms with van der Waals surface area (Å²) in [6.07, 6.45) is 9.19. The lowest BCUT2D eigenvalue weighted by molar-refractivity contribution is 0.0171. The molecular formula is C17H32N6O2. The van der Waals surface area contributed by atoms with Gasteiger partial charge in [-0.05, 0) is 39.0 Å². The molecule has 1 saturated heterocycles. The zero-order chi connectivity index (χ0) is 17.6. The van der Waals surface area contributed by atoms with Gasteiger partial charge in [0, 0.05) is 39.4 Å². The predicted molar refractivity (Wildman–Crippen MR) is 97.6 cm³/mol. The second kappa shape index (κ2) is 12.7. The van der Waals surface area contributed by atoms with Crippen molar-refractivity contribution in [3.63, 3.8) is 0 Å². The minimum absolute atomic E-state index is 0.306. The van der Waals surface area contributed by atoms with Gasteiger partial charge in [0.25, 0.3) is 0 Å². The van der Waals surface area contributed by atoms with Gasteiger partial charge in [0.15, 0.2) is 5.96 Å². The highest BCUT2D eigenvalue weighted by atomic mass is 16.5. The van der Waals surface area contributed by atoms with Crippen molar-refractivity contribution < 1.29 is 9.47 Å². The number of aliphatic imine (C=N–C) groups is 1. The van der Waals surface area contributed by atoms with Crippen LogP contribution in [0.1, 0.15) is 39.0 Å². The van der Waals surface area contributed by atoms with Crippen LogP contribution >= 0.6 is 0 Å². The average Bonchev–Trinajstić information content (AvgIpc) is 3.31. The van der Waals surface area contributed by atoms with Gasteiger partial charge in [-0.2, -0.15) is 0 Å². The molecule has 0 amide bonds.